The molecule has 1 N–H and O–H groups in total. The lowest BCUT2D eigenvalue weighted by atomic mass is 10.1. The largest absolute Gasteiger partial charge is 0.322 e. The average Bonchev–Trinajstić information content (AvgIpc) is 2.68. The third-order valence-corrected chi connectivity index (χ3v) is 3.97. The molecular weight excluding hydrogens is 322 g/mol. The van der Waals surface area contributed by atoms with Crippen LogP contribution in [-0.2, 0) is 0 Å². The van der Waals surface area contributed by atoms with Gasteiger partial charge in [-0.25, -0.2) is 0 Å². The van der Waals surface area contributed by atoms with Crippen molar-refractivity contribution >= 4 is 23.5 Å². The Labute approximate surface area is 153 Å². The molecule has 3 nitrogen and oxygen atoms in total. The number of benzene rings is 3. The lowest BCUT2D eigenvalue weighted by Crippen LogP contribution is -2.11. The summed E-state index contributed by atoms with van der Waals surface area (Å²) in [6, 6.07) is 23.8. The van der Waals surface area contributed by atoms with Gasteiger partial charge in [0.15, 0.2) is 5.78 Å². The monoisotopic (exact) mass is 341 g/mol. The number of anilines is 1. The molecule has 0 aromatic heterocycles. The van der Waals surface area contributed by atoms with Crippen molar-refractivity contribution < 1.29 is 9.59 Å². The zero-order chi connectivity index (χ0) is 18.4. The summed E-state index contributed by atoms with van der Waals surface area (Å²) < 4.78 is 0. The zero-order valence-electron chi connectivity index (χ0n) is 14.5. The van der Waals surface area contributed by atoms with Crippen molar-refractivity contribution in [2.75, 3.05) is 5.32 Å². The Kier molecular flexibility index (Phi) is 5.40. The van der Waals surface area contributed by atoms with Gasteiger partial charge < -0.3 is 5.32 Å². The standard InChI is InChI=1S/C23H19NO2/c1-17-7-9-18(10-8-17)11-16-22(25)19-12-14-21(15-13-19)24-23(26)20-5-3-2-4-6-20/h2-16H,1H3,(H,24,26). The fourth-order valence-corrected chi connectivity index (χ4v) is 2.46. The molecule has 0 saturated carbocycles. The van der Waals surface area contributed by atoms with Gasteiger partial charge in [0, 0.05) is 16.8 Å². The van der Waals surface area contributed by atoms with E-state index in [1.165, 1.54) is 5.56 Å². The van der Waals surface area contributed by atoms with Crippen LogP contribution in [0.1, 0.15) is 31.8 Å². The van der Waals surface area contributed by atoms with E-state index < -0.39 is 0 Å². The van der Waals surface area contributed by atoms with Crippen molar-refractivity contribution in [1.29, 1.82) is 0 Å². The average molecular weight is 341 g/mol. The van der Waals surface area contributed by atoms with Gasteiger partial charge in [-0.3, -0.25) is 9.59 Å². The zero-order valence-corrected chi connectivity index (χ0v) is 14.5. The first-order chi connectivity index (χ1) is 12.6. The second-order valence-electron chi connectivity index (χ2n) is 6.01. The molecule has 0 bridgehead atoms. The molecule has 128 valence electrons. The summed E-state index contributed by atoms with van der Waals surface area (Å²) in [6.07, 6.45) is 3.36. The summed E-state index contributed by atoms with van der Waals surface area (Å²) >= 11 is 0. The molecule has 0 spiro atoms. The minimum absolute atomic E-state index is 0.0773. The van der Waals surface area contributed by atoms with Crippen molar-refractivity contribution in [1.82, 2.24) is 0 Å². The van der Waals surface area contributed by atoms with Gasteiger partial charge in [0.2, 0.25) is 0 Å². The lowest BCUT2D eigenvalue weighted by molar-refractivity contribution is 0.102. The van der Waals surface area contributed by atoms with Crippen molar-refractivity contribution in [3.05, 3.63) is 107 Å². The van der Waals surface area contributed by atoms with Crippen molar-refractivity contribution in [3.8, 4) is 0 Å². The summed E-state index contributed by atoms with van der Waals surface area (Å²) in [6.45, 7) is 2.02. The SMILES string of the molecule is Cc1ccc(C=CC(=O)c2ccc(NC(=O)c3ccccc3)cc2)cc1. The van der Waals surface area contributed by atoms with Gasteiger partial charge in [-0.05, 0) is 55.0 Å². The Hall–Kier alpha value is -3.46. The smallest absolute Gasteiger partial charge is 0.255 e. The van der Waals surface area contributed by atoms with Crippen molar-refractivity contribution in [2.24, 2.45) is 0 Å². The Bertz CT molecular complexity index is 924. The number of amides is 1. The highest BCUT2D eigenvalue weighted by Crippen LogP contribution is 2.13. The molecule has 3 heteroatoms. The number of aryl methyl sites for hydroxylation is 1. The van der Waals surface area contributed by atoms with E-state index in [0.717, 1.165) is 5.56 Å². The van der Waals surface area contributed by atoms with Gasteiger partial charge in [0.1, 0.15) is 0 Å². The van der Waals surface area contributed by atoms with Crippen LogP contribution in [0.2, 0.25) is 0 Å². The number of nitrogens with one attached hydrogen (secondary N) is 1. The summed E-state index contributed by atoms with van der Waals surface area (Å²) in [7, 11) is 0. The fraction of sp³-hybridized carbons (Fsp3) is 0.0435. The number of carbonyl (C=O) groups is 2. The molecule has 0 unspecified atom stereocenters. The normalized spacial score (nSPS) is 10.7. The molecule has 0 radical (unpaired) electrons. The minimum atomic E-state index is -0.177. The third kappa shape index (κ3) is 4.54. The van der Waals surface area contributed by atoms with Gasteiger partial charge in [-0.1, -0.05) is 54.1 Å². The number of allylic oxidation sites excluding steroid dienone is 1. The maximum absolute atomic E-state index is 12.3. The van der Waals surface area contributed by atoms with Gasteiger partial charge in [0.25, 0.3) is 5.91 Å². The van der Waals surface area contributed by atoms with Gasteiger partial charge >= 0.3 is 0 Å². The Morgan fingerprint density at radius 3 is 2.08 bits per heavy atom. The first-order valence-electron chi connectivity index (χ1n) is 8.37. The predicted molar refractivity (Wildman–Crippen MR) is 105 cm³/mol. The second kappa shape index (κ2) is 8.08. The second-order valence-corrected chi connectivity index (χ2v) is 6.01. The number of ketones is 1. The molecule has 0 saturated heterocycles. The molecule has 26 heavy (non-hydrogen) atoms. The summed E-state index contributed by atoms with van der Waals surface area (Å²) in [5, 5.41) is 2.82. The minimum Gasteiger partial charge on any atom is -0.322 e. The Morgan fingerprint density at radius 1 is 0.769 bits per heavy atom. The first kappa shape index (κ1) is 17.4. The molecule has 3 rings (SSSR count). The maximum atomic E-state index is 12.3. The topological polar surface area (TPSA) is 46.2 Å². The quantitative estimate of drug-likeness (QED) is 0.516. The molecule has 0 aliphatic heterocycles. The summed E-state index contributed by atoms with van der Waals surface area (Å²) in [5.74, 6) is -0.254. The predicted octanol–water partition coefficient (Wildman–Crippen LogP) is 5.14. The van der Waals surface area contributed by atoms with Crippen LogP contribution in [0, 0.1) is 6.92 Å². The maximum Gasteiger partial charge on any atom is 0.255 e. The summed E-state index contributed by atoms with van der Waals surface area (Å²) in [4.78, 5) is 24.4. The highest BCUT2D eigenvalue weighted by molar-refractivity contribution is 6.07. The van der Waals surface area contributed by atoms with Crippen LogP contribution >= 0.6 is 0 Å². The highest BCUT2D eigenvalue weighted by atomic mass is 16.1. The molecule has 3 aromatic rings. The Balaban J connectivity index is 1.64. The van der Waals surface area contributed by atoms with E-state index in [-0.39, 0.29) is 11.7 Å². The van der Waals surface area contributed by atoms with Crippen LogP contribution in [0.4, 0.5) is 5.69 Å². The third-order valence-electron chi connectivity index (χ3n) is 3.97. The molecule has 0 aliphatic carbocycles. The van der Waals surface area contributed by atoms with Crippen LogP contribution in [0.5, 0.6) is 0 Å². The van der Waals surface area contributed by atoms with Crippen molar-refractivity contribution in [3.63, 3.8) is 0 Å². The molecule has 1 amide bonds. The fourth-order valence-electron chi connectivity index (χ4n) is 2.46. The van der Waals surface area contributed by atoms with E-state index >= 15 is 0 Å². The van der Waals surface area contributed by atoms with Crippen LogP contribution in [0.15, 0.2) is 84.9 Å². The number of hydrogen-bond donors (Lipinski definition) is 1. The van der Waals surface area contributed by atoms with Crippen LogP contribution in [-0.4, -0.2) is 11.7 Å². The molecule has 3 aromatic carbocycles. The number of rotatable bonds is 5. The molecule has 0 fully saturated rings. The van der Waals surface area contributed by atoms with Crippen LogP contribution in [0.3, 0.4) is 0 Å². The number of carbonyl (C=O) groups excluding carboxylic acids is 2. The van der Waals surface area contributed by atoms with E-state index in [2.05, 4.69) is 5.32 Å². The number of hydrogen-bond acceptors (Lipinski definition) is 2. The highest BCUT2D eigenvalue weighted by Gasteiger charge is 2.06. The van der Waals surface area contributed by atoms with E-state index in [9.17, 15) is 9.59 Å². The van der Waals surface area contributed by atoms with Gasteiger partial charge in [0.05, 0.1) is 0 Å². The Morgan fingerprint density at radius 2 is 1.42 bits per heavy atom. The molecular formula is C23H19NO2. The van der Waals surface area contributed by atoms with Crippen LogP contribution < -0.4 is 5.32 Å². The van der Waals surface area contributed by atoms with Gasteiger partial charge in [-0.2, -0.15) is 0 Å². The summed E-state index contributed by atoms with van der Waals surface area (Å²) in [5.41, 5.74) is 3.98. The van der Waals surface area contributed by atoms with Crippen molar-refractivity contribution in [2.45, 2.75) is 6.92 Å². The van der Waals surface area contributed by atoms with E-state index in [0.29, 0.717) is 16.8 Å². The van der Waals surface area contributed by atoms with E-state index in [1.54, 1.807) is 48.6 Å². The molecule has 0 heterocycles. The lowest BCUT2D eigenvalue weighted by Gasteiger charge is -2.05. The molecule has 0 aliphatic rings. The molecule has 0 atom stereocenters. The first-order valence-corrected chi connectivity index (χ1v) is 8.37. The van der Waals surface area contributed by atoms with E-state index in [1.807, 2.05) is 49.4 Å². The van der Waals surface area contributed by atoms with Gasteiger partial charge in [-0.15, -0.1) is 0 Å². The van der Waals surface area contributed by atoms with Crippen LogP contribution in [0.25, 0.3) is 6.08 Å². The van der Waals surface area contributed by atoms with E-state index in [4.69, 9.17) is 0 Å².